The van der Waals surface area contributed by atoms with Crippen LogP contribution in [0, 0.1) is 6.92 Å². The molecule has 0 amide bonds. The van der Waals surface area contributed by atoms with Gasteiger partial charge >= 0.3 is 6.09 Å². The average Bonchev–Trinajstić information content (AvgIpc) is 3.25. The molecule has 0 atom stereocenters. The highest BCUT2D eigenvalue weighted by Crippen LogP contribution is 2.42. The maximum atomic E-state index is 12.9. The molecule has 6 nitrogen and oxygen atoms in total. The summed E-state index contributed by atoms with van der Waals surface area (Å²) in [6.45, 7) is 3.84. The van der Waals surface area contributed by atoms with Gasteiger partial charge < -0.3 is 9.84 Å². The molecule has 0 saturated heterocycles. The summed E-state index contributed by atoms with van der Waals surface area (Å²) >= 11 is 6.40. The fourth-order valence-electron chi connectivity index (χ4n) is 4.22. The van der Waals surface area contributed by atoms with Crippen molar-refractivity contribution >= 4 is 17.7 Å². The Labute approximate surface area is 180 Å². The Morgan fingerprint density at radius 2 is 2.00 bits per heavy atom. The van der Waals surface area contributed by atoms with Crippen LogP contribution in [0.25, 0.3) is 22.4 Å². The van der Waals surface area contributed by atoms with Crippen molar-refractivity contribution in [2.24, 2.45) is 0 Å². The van der Waals surface area contributed by atoms with Gasteiger partial charge in [-0.25, -0.2) is 4.79 Å². The maximum Gasteiger partial charge on any atom is 0.418 e. The van der Waals surface area contributed by atoms with E-state index >= 15 is 0 Å². The van der Waals surface area contributed by atoms with Crippen LogP contribution in [0.4, 0.5) is 4.79 Å². The molecule has 2 aliphatic rings. The Morgan fingerprint density at radius 1 is 1.27 bits per heavy atom. The zero-order chi connectivity index (χ0) is 21.0. The lowest BCUT2D eigenvalue weighted by Gasteiger charge is -2.41. The minimum Gasteiger partial charge on any atom is -0.446 e. The van der Waals surface area contributed by atoms with E-state index in [9.17, 15) is 9.90 Å². The van der Waals surface area contributed by atoms with E-state index in [2.05, 4.69) is 5.10 Å². The quantitative estimate of drug-likeness (QED) is 0.622. The number of hydrogen-bond acceptors (Lipinski definition) is 4. The van der Waals surface area contributed by atoms with E-state index < -0.39 is 5.60 Å². The lowest BCUT2D eigenvalue weighted by molar-refractivity contribution is -0.0548. The number of ether oxygens (including phenoxy) is 1. The summed E-state index contributed by atoms with van der Waals surface area (Å²) in [5.41, 5.74) is 3.63. The molecule has 0 spiro atoms. The zero-order valence-electron chi connectivity index (χ0n) is 17.0. The molecule has 156 valence electrons. The standard InChI is InChI=1S/C23H24ClN3O3/c1-14-19(12-25-27(14)16-10-23(2,29)11-16)21-9-15(18-5-3-4-6-20(18)24)13-26(21)22(28)30-17-7-8-17/h3-6,9,12-13,16-17,29H,7-8,10-11H2,1-2H3. The van der Waals surface area contributed by atoms with Crippen molar-refractivity contribution in [1.29, 1.82) is 0 Å². The lowest BCUT2D eigenvalue weighted by atomic mass is 9.77. The van der Waals surface area contributed by atoms with Crippen molar-refractivity contribution in [3.8, 4) is 22.4 Å². The van der Waals surface area contributed by atoms with Crippen LogP contribution in [0.2, 0.25) is 5.02 Å². The van der Waals surface area contributed by atoms with Gasteiger partial charge in [-0.15, -0.1) is 0 Å². The van der Waals surface area contributed by atoms with Crippen molar-refractivity contribution < 1.29 is 14.6 Å². The SMILES string of the molecule is Cc1c(-c2cc(-c3ccccc3Cl)cn2C(=O)OC2CC2)cnn1C1CC(C)(O)C1. The van der Waals surface area contributed by atoms with Gasteiger partial charge in [-0.2, -0.15) is 5.10 Å². The number of hydrogen-bond donors (Lipinski definition) is 1. The van der Waals surface area contributed by atoms with Gasteiger partial charge in [0.15, 0.2) is 0 Å². The van der Waals surface area contributed by atoms with Crippen LogP contribution in [-0.4, -0.2) is 37.3 Å². The summed E-state index contributed by atoms with van der Waals surface area (Å²) in [6.07, 6.45) is 6.37. The lowest BCUT2D eigenvalue weighted by Crippen LogP contribution is -2.42. The average molecular weight is 426 g/mol. The van der Waals surface area contributed by atoms with E-state index in [1.165, 1.54) is 0 Å². The van der Waals surface area contributed by atoms with E-state index in [-0.39, 0.29) is 18.2 Å². The fraction of sp³-hybridized carbons (Fsp3) is 0.391. The van der Waals surface area contributed by atoms with Crippen molar-refractivity contribution in [1.82, 2.24) is 14.3 Å². The largest absolute Gasteiger partial charge is 0.446 e. The van der Waals surface area contributed by atoms with Gasteiger partial charge in [-0.05, 0) is 51.7 Å². The Balaban J connectivity index is 1.56. The predicted octanol–water partition coefficient (Wildman–Crippen LogP) is 5.21. The molecule has 2 aliphatic carbocycles. The van der Waals surface area contributed by atoms with Crippen molar-refractivity contribution in [2.75, 3.05) is 0 Å². The van der Waals surface area contributed by atoms with E-state index in [4.69, 9.17) is 16.3 Å². The predicted molar refractivity (Wildman–Crippen MR) is 115 cm³/mol. The molecule has 0 aliphatic heterocycles. The first-order chi connectivity index (χ1) is 14.3. The second-order valence-electron chi connectivity index (χ2n) is 8.69. The van der Waals surface area contributed by atoms with Gasteiger partial charge in [0.2, 0.25) is 0 Å². The molecule has 2 fully saturated rings. The molecular formula is C23H24ClN3O3. The number of carbonyl (C=O) groups excluding carboxylic acids is 1. The molecule has 7 heteroatoms. The topological polar surface area (TPSA) is 69.3 Å². The summed E-state index contributed by atoms with van der Waals surface area (Å²) in [5, 5.41) is 15.3. The summed E-state index contributed by atoms with van der Waals surface area (Å²) in [4.78, 5) is 12.9. The molecule has 2 saturated carbocycles. The first-order valence-corrected chi connectivity index (χ1v) is 10.7. The Morgan fingerprint density at radius 3 is 2.67 bits per heavy atom. The molecule has 2 heterocycles. The van der Waals surface area contributed by atoms with E-state index in [0.717, 1.165) is 40.9 Å². The van der Waals surface area contributed by atoms with Crippen LogP contribution < -0.4 is 0 Å². The zero-order valence-corrected chi connectivity index (χ0v) is 17.8. The van der Waals surface area contributed by atoms with Crippen LogP contribution >= 0.6 is 11.6 Å². The number of aromatic nitrogens is 3. The number of aliphatic hydroxyl groups is 1. The van der Waals surface area contributed by atoms with E-state index in [0.29, 0.717) is 17.9 Å². The summed E-state index contributed by atoms with van der Waals surface area (Å²) < 4.78 is 9.08. The highest BCUT2D eigenvalue weighted by Gasteiger charge is 2.40. The molecular weight excluding hydrogens is 402 g/mol. The molecule has 0 radical (unpaired) electrons. The molecule has 30 heavy (non-hydrogen) atoms. The first kappa shape index (κ1) is 19.4. The van der Waals surface area contributed by atoms with Gasteiger partial charge in [0.05, 0.1) is 23.5 Å². The fourth-order valence-corrected chi connectivity index (χ4v) is 4.47. The summed E-state index contributed by atoms with van der Waals surface area (Å²) in [5.74, 6) is 0. The normalized spacial score (nSPS) is 23.3. The molecule has 1 aromatic carbocycles. The summed E-state index contributed by atoms with van der Waals surface area (Å²) in [7, 11) is 0. The number of nitrogens with zero attached hydrogens (tertiary/aromatic N) is 3. The van der Waals surface area contributed by atoms with Crippen molar-refractivity contribution in [3.05, 3.63) is 53.4 Å². The second kappa shape index (κ2) is 7.00. The van der Waals surface area contributed by atoms with E-state index in [1.54, 1.807) is 17.0 Å². The molecule has 2 aromatic heterocycles. The molecule has 5 rings (SSSR count). The highest BCUT2D eigenvalue weighted by atomic mass is 35.5. The van der Waals surface area contributed by atoms with Crippen molar-refractivity contribution in [3.63, 3.8) is 0 Å². The Kier molecular flexibility index (Phi) is 4.52. The third kappa shape index (κ3) is 3.44. The Bertz CT molecular complexity index is 1120. The van der Waals surface area contributed by atoms with Gasteiger partial charge in [-0.1, -0.05) is 29.8 Å². The second-order valence-corrected chi connectivity index (χ2v) is 9.10. The third-order valence-electron chi connectivity index (χ3n) is 6.01. The van der Waals surface area contributed by atoms with Crippen LogP contribution in [-0.2, 0) is 4.74 Å². The molecule has 1 N–H and O–H groups in total. The van der Waals surface area contributed by atoms with Gasteiger partial charge in [0, 0.05) is 33.6 Å². The van der Waals surface area contributed by atoms with Gasteiger partial charge in [0.25, 0.3) is 0 Å². The van der Waals surface area contributed by atoms with Gasteiger partial charge in [-0.3, -0.25) is 9.25 Å². The van der Waals surface area contributed by atoms with Crippen molar-refractivity contribution in [2.45, 2.75) is 57.3 Å². The molecule has 0 unspecified atom stereocenters. The minimum absolute atomic E-state index is 0.0116. The highest BCUT2D eigenvalue weighted by molar-refractivity contribution is 6.33. The smallest absolute Gasteiger partial charge is 0.418 e. The van der Waals surface area contributed by atoms with Crippen LogP contribution in [0.1, 0.15) is 44.3 Å². The summed E-state index contributed by atoms with van der Waals surface area (Å²) in [6, 6.07) is 9.70. The molecule has 3 aromatic rings. The number of rotatable bonds is 4. The molecule has 0 bridgehead atoms. The van der Waals surface area contributed by atoms with E-state index in [1.807, 2.05) is 48.9 Å². The monoisotopic (exact) mass is 425 g/mol. The van der Waals surface area contributed by atoms with Gasteiger partial charge in [0.1, 0.15) is 6.10 Å². The Hall–Kier alpha value is -2.57. The van der Waals surface area contributed by atoms with Crippen LogP contribution in [0.3, 0.4) is 0 Å². The first-order valence-electron chi connectivity index (χ1n) is 10.3. The maximum absolute atomic E-state index is 12.9. The number of carbonyl (C=O) groups is 1. The number of halogens is 1. The minimum atomic E-state index is -0.630. The van der Waals surface area contributed by atoms with Crippen LogP contribution in [0.5, 0.6) is 0 Å². The third-order valence-corrected chi connectivity index (χ3v) is 6.34. The number of benzene rings is 1. The van der Waals surface area contributed by atoms with Crippen LogP contribution in [0.15, 0.2) is 42.7 Å².